The van der Waals surface area contributed by atoms with E-state index in [1.54, 1.807) is 33.0 Å². The third-order valence-electron chi connectivity index (χ3n) is 3.92. The van der Waals surface area contributed by atoms with Crippen LogP contribution in [0.2, 0.25) is 0 Å². The molecule has 2 fully saturated rings. The van der Waals surface area contributed by atoms with Crippen LogP contribution in [0.25, 0.3) is 0 Å². The summed E-state index contributed by atoms with van der Waals surface area (Å²) in [4.78, 5) is -0.120. The molecule has 1 unspecified atom stereocenters. The molecule has 0 aliphatic carbocycles. The number of anilines is 1. The van der Waals surface area contributed by atoms with Crippen molar-refractivity contribution in [1.82, 2.24) is 5.32 Å². The Labute approximate surface area is 154 Å². The van der Waals surface area contributed by atoms with Crippen molar-refractivity contribution >= 4 is 18.3 Å². The summed E-state index contributed by atoms with van der Waals surface area (Å²) >= 11 is 0. The molecule has 3 rings (SSSR count). The van der Waals surface area contributed by atoms with Gasteiger partial charge in [-0.3, -0.25) is 0 Å². The minimum Gasteiger partial charge on any atom is -0.399 e. The second-order valence-corrected chi connectivity index (χ2v) is 6.03. The van der Waals surface area contributed by atoms with Crippen LogP contribution in [-0.4, -0.2) is 43.8 Å². The van der Waals surface area contributed by atoms with E-state index in [-0.39, 0.29) is 10.4 Å². The lowest BCUT2D eigenvalue weighted by Gasteiger charge is -2.33. The van der Waals surface area contributed by atoms with Gasteiger partial charge in [-0.25, -0.2) is 0 Å². The molecule has 2 heterocycles. The summed E-state index contributed by atoms with van der Waals surface area (Å²) in [7, 11) is -1.36. The van der Waals surface area contributed by atoms with Crippen molar-refractivity contribution in [3.05, 3.63) is 24.2 Å². The molecule has 2 aliphatic rings. The Morgan fingerprint density at radius 1 is 1.32 bits per heavy atom. The molecule has 0 spiro atoms. The maximum Gasteiger partial charge on any atom is 0.494 e. The highest BCUT2D eigenvalue weighted by atomic mass is 16.7. The topological polar surface area (TPSA) is 33.7 Å². The minimum absolute atomic E-state index is 0.120. The van der Waals surface area contributed by atoms with Crippen LogP contribution in [0.1, 0.15) is 53.7 Å². The number of benzene rings is 1. The van der Waals surface area contributed by atoms with E-state index in [1.165, 1.54) is 0 Å². The monoisotopic (exact) mass is 316 g/mol. The highest BCUT2D eigenvalue weighted by Gasteiger charge is 2.51. The van der Waals surface area contributed by atoms with E-state index in [4.69, 9.17) is 28.5 Å². The molecule has 1 aromatic rings. The third kappa shape index (κ3) is 2.90. The summed E-state index contributed by atoms with van der Waals surface area (Å²) in [5.41, 5.74) is -3.22. The Morgan fingerprint density at radius 2 is 1.95 bits per heavy atom. The molecule has 5 heteroatoms. The summed E-state index contributed by atoms with van der Waals surface area (Å²) in [6.07, 6.45) is 0. The predicted molar refractivity (Wildman–Crippen MR) is 91.8 cm³/mol. The number of rotatable bonds is 2. The Balaban J connectivity index is 2.33. The van der Waals surface area contributed by atoms with Gasteiger partial charge in [0.15, 0.2) is 0 Å². The van der Waals surface area contributed by atoms with Crippen LogP contribution in [0.15, 0.2) is 24.2 Å². The van der Waals surface area contributed by atoms with Crippen molar-refractivity contribution in [1.29, 1.82) is 0 Å². The summed E-state index contributed by atoms with van der Waals surface area (Å²) in [6, 6.07) is -7.00. The molecule has 1 N–H and O–H groups in total. The molecule has 0 radical (unpaired) electrons. The molecule has 2 aliphatic heterocycles. The lowest BCUT2D eigenvalue weighted by Crippen LogP contribution is -2.49. The molecule has 1 atom stereocenters. The zero-order valence-corrected chi connectivity index (χ0v) is 12.8. The fourth-order valence-corrected chi connectivity index (χ4v) is 1.93. The van der Waals surface area contributed by atoms with Crippen molar-refractivity contribution in [2.75, 3.05) is 24.4 Å². The van der Waals surface area contributed by atoms with Gasteiger partial charge in [-0.1, -0.05) is 12.1 Å². The summed E-state index contributed by atoms with van der Waals surface area (Å²) < 4.78 is 127. The van der Waals surface area contributed by atoms with Crippen molar-refractivity contribution in [2.24, 2.45) is 0 Å². The number of nitrogens with one attached hydrogen (secondary N) is 1. The van der Waals surface area contributed by atoms with Gasteiger partial charge < -0.3 is 19.5 Å². The van der Waals surface area contributed by atoms with Gasteiger partial charge in [-0.15, -0.1) is 0 Å². The second kappa shape index (κ2) is 5.55. The van der Waals surface area contributed by atoms with E-state index in [2.05, 4.69) is 0 Å². The molecule has 2 saturated heterocycles. The van der Waals surface area contributed by atoms with Crippen LogP contribution in [0, 0.1) is 0 Å². The molecule has 120 valence electrons. The maximum absolute atomic E-state index is 8.52. The van der Waals surface area contributed by atoms with E-state index >= 15 is 0 Å². The van der Waals surface area contributed by atoms with Crippen LogP contribution < -0.4 is 15.7 Å². The Kier molecular flexibility index (Phi) is 1.54. The van der Waals surface area contributed by atoms with Crippen LogP contribution in [0.3, 0.4) is 0 Å². The normalized spacial score (nSPS) is 47.3. The number of hydrogen-bond donors (Lipinski definition) is 1. The maximum atomic E-state index is 8.52. The molecule has 0 saturated carbocycles. The van der Waals surface area contributed by atoms with Crippen molar-refractivity contribution in [3.8, 4) is 0 Å². The zero-order chi connectivity index (χ0) is 28.2. The molecule has 0 bridgehead atoms. The largest absolute Gasteiger partial charge is 0.494 e. The van der Waals surface area contributed by atoms with Gasteiger partial charge in [0.05, 0.1) is 22.2 Å². The van der Waals surface area contributed by atoms with Gasteiger partial charge in [-0.2, -0.15) is 0 Å². The first-order valence-corrected chi connectivity index (χ1v) is 6.84. The predicted octanol–water partition coefficient (Wildman–Crippen LogP) is 1.78. The van der Waals surface area contributed by atoms with E-state index < -0.39 is 80.5 Å². The molecular formula is C17H27BN2O2. The molecule has 0 amide bonds. The first-order valence-electron chi connectivity index (χ1n) is 13.8. The number of nitrogens with zero attached hydrogens (tertiary/aromatic N) is 1. The van der Waals surface area contributed by atoms with E-state index in [1.807, 2.05) is 0 Å². The van der Waals surface area contributed by atoms with Gasteiger partial charge in [-0.05, 0) is 52.1 Å². The van der Waals surface area contributed by atoms with Crippen LogP contribution in [0.5, 0.6) is 0 Å². The molecule has 22 heavy (non-hydrogen) atoms. The lowest BCUT2D eigenvalue weighted by molar-refractivity contribution is 0.00578. The standard InChI is InChI=1S/C17H27BN2O2/c1-13-12-20(11-10-19-13)15-8-6-14(7-9-15)18-21-16(2,3)17(4,5)22-18/h6-9,13,19H,10-12H2,1-5H3/i1D3,6D,7D,8D,9D,10D2,11D2,12D2,13D. The zero-order valence-electron chi connectivity index (χ0n) is 26.8. The first kappa shape index (κ1) is 6.12. The summed E-state index contributed by atoms with van der Waals surface area (Å²) in [6.45, 7) is -7.18. The van der Waals surface area contributed by atoms with E-state index in [9.17, 15) is 0 Å². The highest BCUT2D eigenvalue weighted by molar-refractivity contribution is 6.62. The SMILES string of the molecule is [2H]c1c([2H])c(N2C([2H])([2H])C([2H])([2H])NC([2H])(C([2H])([2H])[2H])C2([2H])[2H])c([2H])c([2H])c1B1OC(C)(C)C(C)(C)O1. The second-order valence-electron chi connectivity index (χ2n) is 6.03. The van der Waals surface area contributed by atoms with Crippen molar-refractivity contribution < 1.29 is 28.5 Å². The average molecular weight is 316 g/mol. The Hall–Kier alpha value is -1.04. The summed E-state index contributed by atoms with van der Waals surface area (Å²) in [5.74, 6) is 0. The van der Waals surface area contributed by atoms with Crippen molar-refractivity contribution in [3.63, 3.8) is 0 Å². The van der Waals surface area contributed by atoms with Gasteiger partial charge in [0, 0.05) is 39.4 Å². The van der Waals surface area contributed by atoms with E-state index in [0.717, 1.165) is 0 Å². The fraction of sp³-hybridized carbons (Fsp3) is 0.647. The third-order valence-corrected chi connectivity index (χ3v) is 3.92. The average Bonchev–Trinajstić information content (AvgIpc) is 2.87. The number of hydrogen-bond acceptors (Lipinski definition) is 4. The van der Waals surface area contributed by atoms with Gasteiger partial charge in [0.1, 0.15) is 0 Å². The number of piperazine rings is 1. The van der Waals surface area contributed by atoms with Crippen molar-refractivity contribution in [2.45, 2.75) is 51.8 Å². The Bertz CT molecular complexity index is 1050. The lowest BCUT2D eigenvalue weighted by atomic mass is 9.79. The minimum atomic E-state index is -3.59. The molecule has 1 aromatic carbocycles. The van der Waals surface area contributed by atoms with Gasteiger partial charge >= 0.3 is 7.12 Å². The van der Waals surface area contributed by atoms with Crippen LogP contribution >= 0.6 is 0 Å². The first-order chi connectivity index (χ1) is 15.8. The smallest absolute Gasteiger partial charge is 0.399 e. The summed E-state index contributed by atoms with van der Waals surface area (Å²) in [5, 5.41) is 1.62. The Morgan fingerprint density at radius 3 is 2.55 bits per heavy atom. The molecule has 0 aromatic heterocycles. The van der Waals surface area contributed by atoms with E-state index in [0.29, 0.717) is 0 Å². The van der Waals surface area contributed by atoms with Gasteiger partial charge in [0.25, 0.3) is 0 Å². The van der Waals surface area contributed by atoms with Gasteiger partial charge in [0.2, 0.25) is 0 Å². The fourth-order valence-electron chi connectivity index (χ4n) is 1.93. The molecular weight excluding hydrogens is 275 g/mol. The highest BCUT2D eigenvalue weighted by Crippen LogP contribution is 2.36. The van der Waals surface area contributed by atoms with Crippen LogP contribution in [-0.2, 0) is 9.31 Å². The van der Waals surface area contributed by atoms with Crippen LogP contribution in [0.4, 0.5) is 5.69 Å². The quantitative estimate of drug-likeness (QED) is 0.844. The molecule has 4 nitrogen and oxygen atoms in total.